The lowest BCUT2D eigenvalue weighted by atomic mass is 10.3. The van der Waals surface area contributed by atoms with Crippen LogP contribution in [0.2, 0.25) is 0 Å². The van der Waals surface area contributed by atoms with Crippen molar-refractivity contribution in [1.82, 2.24) is 34.3 Å². The van der Waals surface area contributed by atoms with Gasteiger partial charge in [0.15, 0.2) is 32.9 Å². The highest BCUT2D eigenvalue weighted by molar-refractivity contribution is 7.91. The molecular formula is C20H18F5N7O4S. The van der Waals surface area contributed by atoms with Crippen LogP contribution in [-0.4, -0.2) is 74.3 Å². The molecule has 17 heteroatoms. The first-order valence-corrected chi connectivity index (χ1v) is 12.3. The van der Waals surface area contributed by atoms with E-state index in [2.05, 4.69) is 30.1 Å². The van der Waals surface area contributed by atoms with Crippen LogP contribution in [0.25, 0.3) is 22.6 Å². The highest BCUT2D eigenvalue weighted by Gasteiger charge is 2.58. The normalized spacial score (nSPS) is 12.8. The van der Waals surface area contributed by atoms with E-state index in [9.17, 15) is 35.2 Å². The van der Waals surface area contributed by atoms with Crippen LogP contribution in [0.1, 0.15) is 24.3 Å². The lowest BCUT2D eigenvalue weighted by molar-refractivity contribution is -0.290. The number of fused-ring (bicyclic) bond motifs is 2. The summed E-state index contributed by atoms with van der Waals surface area (Å²) in [6.07, 6.45) is -1.20. The first-order valence-electron chi connectivity index (χ1n) is 10.6. The van der Waals surface area contributed by atoms with Gasteiger partial charge >= 0.3 is 12.1 Å². The first kappa shape index (κ1) is 26.2. The Morgan fingerprint density at radius 1 is 1.11 bits per heavy atom. The fourth-order valence-electron chi connectivity index (χ4n) is 3.34. The summed E-state index contributed by atoms with van der Waals surface area (Å²) in [5.74, 6) is -6.77. The van der Waals surface area contributed by atoms with Crippen LogP contribution in [0.15, 0.2) is 35.9 Å². The van der Waals surface area contributed by atoms with E-state index in [0.717, 1.165) is 16.9 Å². The van der Waals surface area contributed by atoms with Crippen molar-refractivity contribution in [3.8, 4) is 17.3 Å². The van der Waals surface area contributed by atoms with Gasteiger partial charge in [-0.3, -0.25) is 9.20 Å². The SMILES string of the molecule is CCNC(=O)c1ccnc2c(-c3ncc4c(OCC(F)(F)C(F)(F)F)nccn34)c(S(=O)(=O)CC)nn12. The molecule has 4 aromatic rings. The third-order valence-corrected chi connectivity index (χ3v) is 6.82. The average molecular weight is 547 g/mol. The van der Waals surface area contributed by atoms with E-state index in [0.29, 0.717) is 0 Å². The Morgan fingerprint density at radius 3 is 2.49 bits per heavy atom. The summed E-state index contributed by atoms with van der Waals surface area (Å²) in [4.78, 5) is 24.5. The summed E-state index contributed by atoms with van der Waals surface area (Å²) < 4.78 is 97.2. The molecule has 4 aromatic heterocycles. The number of hydrogen-bond donors (Lipinski definition) is 1. The summed E-state index contributed by atoms with van der Waals surface area (Å²) in [6, 6.07) is 1.33. The Labute approximate surface area is 205 Å². The van der Waals surface area contributed by atoms with Gasteiger partial charge in [0.25, 0.3) is 5.91 Å². The topological polar surface area (TPSA) is 133 Å². The molecule has 11 nitrogen and oxygen atoms in total. The van der Waals surface area contributed by atoms with Crippen molar-refractivity contribution in [2.24, 2.45) is 0 Å². The average Bonchev–Trinajstić information content (AvgIpc) is 3.44. The molecule has 198 valence electrons. The van der Waals surface area contributed by atoms with Crippen LogP contribution in [-0.2, 0) is 9.84 Å². The van der Waals surface area contributed by atoms with Crippen LogP contribution < -0.4 is 10.1 Å². The van der Waals surface area contributed by atoms with E-state index >= 15 is 0 Å². The van der Waals surface area contributed by atoms with Gasteiger partial charge in [0.2, 0.25) is 5.88 Å². The predicted molar refractivity (Wildman–Crippen MR) is 117 cm³/mol. The summed E-state index contributed by atoms with van der Waals surface area (Å²) in [5.41, 5.74) is -0.335. The number of amides is 1. The highest BCUT2D eigenvalue weighted by atomic mass is 32.2. The zero-order valence-electron chi connectivity index (χ0n) is 19.1. The zero-order chi connectivity index (χ0) is 27.2. The van der Waals surface area contributed by atoms with E-state index in [-0.39, 0.29) is 40.5 Å². The van der Waals surface area contributed by atoms with Gasteiger partial charge < -0.3 is 10.1 Å². The van der Waals surface area contributed by atoms with Crippen molar-refractivity contribution in [1.29, 1.82) is 0 Å². The number of nitrogens with zero attached hydrogens (tertiary/aromatic N) is 6. The summed E-state index contributed by atoms with van der Waals surface area (Å²) in [5, 5.41) is 6.24. The molecule has 0 unspecified atom stereocenters. The molecular weight excluding hydrogens is 529 g/mol. The molecule has 0 radical (unpaired) electrons. The largest absolute Gasteiger partial charge is 0.469 e. The van der Waals surface area contributed by atoms with Gasteiger partial charge in [-0.15, -0.1) is 0 Å². The molecule has 1 amide bonds. The van der Waals surface area contributed by atoms with Gasteiger partial charge in [0.05, 0.1) is 11.9 Å². The number of sulfone groups is 1. The molecule has 0 aliphatic carbocycles. The second-order valence-electron chi connectivity index (χ2n) is 7.57. The summed E-state index contributed by atoms with van der Waals surface area (Å²) >= 11 is 0. The Hall–Kier alpha value is -3.89. The Balaban J connectivity index is 1.91. The maximum atomic E-state index is 13.4. The van der Waals surface area contributed by atoms with Crippen molar-refractivity contribution >= 4 is 26.9 Å². The summed E-state index contributed by atoms with van der Waals surface area (Å²) in [7, 11) is -4.02. The van der Waals surface area contributed by atoms with Gasteiger partial charge in [-0.25, -0.2) is 27.9 Å². The molecule has 0 fully saturated rings. The lowest BCUT2D eigenvalue weighted by Gasteiger charge is -2.19. The minimum atomic E-state index is -5.84. The highest BCUT2D eigenvalue weighted by Crippen LogP contribution is 2.37. The minimum Gasteiger partial charge on any atom is -0.469 e. The molecule has 1 N–H and O–H groups in total. The molecule has 37 heavy (non-hydrogen) atoms. The van der Waals surface area contributed by atoms with Gasteiger partial charge in [-0.05, 0) is 13.0 Å². The van der Waals surface area contributed by atoms with Crippen LogP contribution in [0.3, 0.4) is 0 Å². The second kappa shape index (κ2) is 9.20. The van der Waals surface area contributed by atoms with Gasteiger partial charge in [0, 0.05) is 25.1 Å². The molecule has 4 rings (SSSR count). The number of alkyl halides is 5. The van der Waals surface area contributed by atoms with E-state index in [1.54, 1.807) is 6.92 Å². The van der Waals surface area contributed by atoms with Crippen LogP contribution in [0.4, 0.5) is 22.0 Å². The van der Waals surface area contributed by atoms with Gasteiger partial charge in [-0.2, -0.15) is 27.1 Å². The van der Waals surface area contributed by atoms with Gasteiger partial charge in [-0.1, -0.05) is 6.92 Å². The quantitative estimate of drug-likeness (QED) is 0.333. The number of carbonyl (C=O) groups excluding carboxylic acids is 1. The monoisotopic (exact) mass is 547 g/mol. The fourth-order valence-corrected chi connectivity index (χ4v) is 4.31. The van der Waals surface area contributed by atoms with Crippen molar-refractivity contribution in [2.45, 2.75) is 31.0 Å². The second-order valence-corrected chi connectivity index (χ2v) is 9.76. The molecule has 4 heterocycles. The maximum Gasteiger partial charge on any atom is 0.456 e. The number of imidazole rings is 1. The number of hydrogen-bond acceptors (Lipinski definition) is 8. The van der Waals surface area contributed by atoms with Crippen molar-refractivity contribution in [3.63, 3.8) is 0 Å². The molecule has 0 aliphatic heterocycles. The van der Waals surface area contributed by atoms with E-state index in [4.69, 9.17) is 0 Å². The zero-order valence-corrected chi connectivity index (χ0v) is 19.9. The molecule has 0 spiro atoms. The maximum absolute atomic E-state index is 13.4. The van der Waals surface area contributed by atoms with Crippen LogP contribution in [0, 0.1) is 0 Å². The van der Waals surface area contributed by atoms with Crippen molar-refractivity contribution in [2.75, 3.05) is 18.9 Å². The minimum absolute atomic E-state index is 0.0217. The number of rotatable bonds is 8. The van der Waals surface area contributed by atoms with Crippen LogP contribution >= 0.6 is 0 Å². The molecule has 0 saturated heterocycles. The number of carbonyl (C=O) groups is 1. The van der Waals surface area contributed by atoms with Gasteiger partial charge in [0.1, 0.15) is 16.8 Å². The van der Waals surface area contributed by atoms with Crippen molar-refractivity contribution in [3.05, 3.63) is 36.5 Å². The molecule has 0 bridgehead atoms. The van der Waals surface area contributed by atoms with E-state index in [1.165, 1.54) is 29.8 Å². The molecule has 0 aliphatic rings. The van der Waals surface area contributed by atoms with Crippen molar-refractivity contribution < 1.29 is 39.9 Å². The third-order valence-electron chi connectivity index (χ3n) is 5.18. The smallest absolute Gasteiger partial charge is 0.456 e. The van der Waals surface area contributed by atoms with Crippen LogP contribution in [0.5, 0.6) is 5.88 Å². The molecule has 0 saturated carbocycles. The van der Waals surface area contributed by atoms with E-state index < -0.39 is 45.4 Å². The standard InChI is InChI=1S/C20H18F5N7O4S/c1-3-26-16(33)11-5-6-27-15-13(18(30-32(11)15)37(34,35)4-2)14-29-9-12-17(28-7-8-31(12)14)36-10-19(21,22)20(23,24)25/h5-9H,3-4,10H2,1-2H3,(H,26,33). The summed E-state index contributed by atoms with van der Waals surface area (Å²) in [6.45, 7) is 1.31. The van der Waals surface area contributed by atoms with E-state index in [1.807, 2.05) is 0 Å². The number of aromatic nitrogens is 6. The molecule has 0 aromatic carbocycles. The lowest BCUT2D eigenvalue weighted by Crippen LogP contribution is -2.41. The fraction of sp³-hybridized carbons (Fsp3) is 0.350. The Bertz CT molecular complexity index is 1600. The number of nitrogens with one attached hydrogen (secondary N) is 1. The Kier molecular flexibility index (Phi) is 6.51. The molecule has 0 atom stereocenters. The first-order chi connectivity index (χ1) is 17.3. The number of halogens is 5. The Morgan fingerprint density at radius 2 is 1.84 bits per heavy atom. The number of ether oxygens (including phenoxy) is 1. The predicted octanol–water partition coefficient (Wildman–Crippen LogP) is 2.56. The third kappa shape index (κ3) is 4.54.